The number of carbonyl (C=O) groups excluding carboxylic acids is 1. The standard InChI is InChI=1S/C17H17N5O4S/c1-24-12-6-10(7-13(25-2)15(12)26-3)20-16(23)11-8-27-17(21-11)22-14-4-5-18-9-19-14/h4-9H,1-3H3,(H,20,23)(H,18,19,21,22). The van der Waals surface area contributed by atoms with Gasteiger partial charge in [0.15, 0.2) is 16.6 Å². The summed E-state index contributed by atoms with van der Waals surface area (Å²) in [7, 11) is 4.53. The van der Waals surface area contributed by atoms with E-state index >= 15 is 0 Å². The van der Waals surface area contributed by atoms with E-state index in [4.69, 9.17) is 14.2 Å². The Morgan fingerprint density at radius 3 is 2.44 bits per heavy atom. The Kier molecular flexibility index (Phi) is 5.67. The molecule has 0 atom stereocenters. The van der Waals surface area contributed by atoms with Crippen molar-refractivity contribution in [3.05, 3.63) is 41.8 Å². The summed E-state index contributed by atoms with van der Waals surface area (Å²) in [6, 6.07) is 4.99. The number of thiazole rings is 1. The normalized spacial score (nSPS) is 10.2. The molecule has 0 fully saturated rings. The average molecular weight is 387 g/mol. The first kappa shape index (κ1) is 18.4. The molecule has 10 heteroatoms. The summed E-state index contributed by atoms with van der Waals surface area (Å²) in [5.41, 5.74) is 0.762. The lowest BCUT2D eigenvalue weighted by molar-refractivity contribution is 0.102. The van der Waals surface area contributed by atoms with Crippen LogP contribution >= 0.6 is 11.3 Å². The molecule has 0 radical (unpaired) electrons. The molecule has 0 aliphatic carbocycles. The van der Waals surface area contributed by atoms with Crippen LogP contribution in [0.4, 0.5) is 16.6 Å². The number of hydrogen-bond acceptors (Lipinski definition) is 9. The molecule has 3 aromatic rings. The van der Waals surface area contributed by atoms with Gasteiger partial charge in [0.1, 0.15) is 17.8 Å². The predicted molar refractivity (Wildman–Crippen MR) is 101 cm³/mol. The van der Waals surface area contributed by atoms with E-state index in [0.29, 0.717) is 33.9 Å². The van der Waals surface area contributed by atoms with Gasteiger partial charge in [0, 0.05) is 29.4 Å². The molecule has 9 nitrogen and oxygen atoms in total. The maximum Gasteiger partial charge on any atom is 0.275 e. The van der Waals surface area contributed by atoms with Gasteiger partial charge in [0.25, 0.3) is 5.91 Å². The number of aromatic nitrogens is 3. The summed E-state index contributed by atoms with van der Waals surface area (Å²) < 4.78 is 15.8. The van der Waals surface area contributed by atoms with E-state index in [-0.39, 0.29) is 11.6 Å². The second kappa shape index (κ2) is 8.32. The number of amides is 1. The number of hydrogen-bond donors (Lipinski definition) is 2. The molecule has 2 N–H and O–H groups in total. The van der Waals surface area contributed by atoms with Crippen molar-refractivity contribution in [3.8, 4) is 17.2 Å². The molecule has 0 saturated heterocycles. The van der Waals surface area contributed by atoms with E-state index < -0.39 is 0 Å². The van der Waals surface area contributed by atoms with Gasteiger partial charge in [0.05, 0.1) is 21.3 Å². The molecule has 1 amide bonds. The van der Waals surface area contributed by atoms with E-state index in [1.807, 2.05) is 0 Å². The number of nitrogens with zero attached hydrogens (tertiary/aromatic N) is 3. The van der Waals surface area contributed by atoms with Crippen LogP contribution in [-0.2, 0) is 0 Å². The number of rotatable bonds is 7. The summed E-state index contributed by atoms with van der Waals surface area (Å²) in [6.07, 6.45) is 3.04. The highest BCUT2D eigenvalue weighted by Crippen LogP contribution is 2.40. The Hall–Kier alpha value is -3.40. The van der Waals surface area contributed by atoms with Crippen molar-refractivity contribution >= 4 is 33.9 Å². The van der Waals surface area contributed by atoms with E-state index in [2.05, 4.69) is 25.6 Å². The first-order valence-corrected chi connectivity index (χ1v) is 8.62. The van der Waals surface area contributed by atoms with Gasteiger partial charge >= 0.3 is 0 Å². The fourth-order valence-corrected chi connectivity index (χ4v) is 2.96. The van der Waals surface area contributed by atoms with Crippen molar-refractivity contribution in [1.29, 1.82) is 0 Å². The predicted octanol–water partition coefficient (Wildman–Crippen LogP) is 2.95. The summed E-state index contributed by atoms with van der Waals surface area (Å²) in [5.74, 6) is 1.56. The fraction of sp³-hybridized carbons (Fsp3) is 0.176. The Morgan fingerprint density at radius 1 is 1.11 bits per heavy atom. The molecule has 2 heterocycles. The van der Waals surface area contributed by atoms with Crippen LogP contribution in [-0.4, -0.2) is 42.2 Å². The van der Waals surface area contributed by atoms with Gasteiger partial charge in [-0.05, 0) is 6.07 Å². The second-order valence-corrected chi connectivity index (χ2v) is 5.98. The van der Waals surface area contributed by atoms with Gasteiger partial charge in [-0.15, -0.1) is 11.3 Å². The molecule has 3 rings (SSSR count). The third kappa shape index (κ3) is 4.23. The number of anilines is 3. The Labute approximate surface area is 159 Å². The Morgan fingerprint density at radius 2 is 1.85 bits per heavy atom. The maximum absolute atomic E-state index is 12.5. The zero-order chi connectivity index (χ0) is 19.2. The monoisotopic (exact) mass is 387 g/mol. The van der Waals surface area contributed by atoms with Crippen LogP contribution in [0.5, 0.6) is 17.2 Å². The second-order valence-electron chi connectivity index (χ2n) is 5.13. The molecule has 27 heavy (non-hydrogen) atoms. The minimum absolute atomic E-state index is 0.269. The van der Waals surface area contributed by atoms with Crippen molar-refractivity contribution in [1.82, 2.24) is 15.0 Å². The number of carbonyl (C=O) groups is 1. The Balaban J connectivity index is 1.76. The minimum atomic E-state index is -0.365. The Bertz CT molecular complexity index is 907. The highest BCUT2D eigenvalue weighted by atomic mass is 32.1. The van der Waals surface area contributed by atoms with Crippen LogP contribution in [0.3, 0.4) is 0 Å². The molecule has 0 aliphatic heterocycles. The number of ether oxygens (including phenoxy) is 3. The van der Waals surface area contributed by atoms with Gasteiger partial charge in [-0.1, -0.05) is 0 Å². The lowest BCUT2D eigenvalue weighted by Gasteiger charge is -2.14. The topological polar surface area (TPSA) is 107 Å². The van der Waals surface area contributed by atoms with Gasteiger partial charge in [-0.2, -0.15) is 0 Å². The lowest BCUT2D eigenvalue weighted by Crippen LogP contribution is -2.12. The summed E-state index contributed by atoms with van der Waals surface area (Å²) in [6.45, 7) is 0. The van der Waals surface area contributed by atoms with E-state index in [9.17, 15) is 4.79 Å². The highest BCUT2D eigenvalue weighted by Gasteiger charge is 2.16. The molecule has 0 bridgehead atoms. The van der Waals surface area contributed by atoms with Crippen LogP contribution in [0.15, 0.2) is 36.1 Å². The molecule has 140 valence electrons. The first-order valence-electron chi connectivity index (χ1n) is 7.74. The fourth-order valence-electron chi connectivity index (χ4n) is 2.26. The quantitative estimate of drug-likeness (QED) is 0.637. The van der Waals surface area contributed by atoms with Gasteiger partial charge < -0.3 is 24.8 Å². The van der Waals surface area contributed by atoms with E-state index in [1.165, 1.54) is 39.0 Å². The third-order valence-corrected chi connectivity index (χ3v) is 4.23. The van der Waals surface area contributed by atoms with Crippen molar-refractivity contribution in [2.45, 2.75) is 0 Å². The summed E-state index contributed by atoms with van der Waals surface area (Å²) >= 11 is 1.29. The molecule has 1 aromatic carbocycles. The largest absolute Gasteiger partial charge is 0.493 e. The van der Waals surface area contributed by atoms with Crippen molar-refractivity contribution in [2.75, 3.05) is 32.0 Å². The van der Waals surface area contributed by atoms with Crippen molar-refractivity contribution < 1.29 is 19.0 Å². The highest BCUT2D eigenvalue weighted by molar-refractivity contribution is 7.14. The number of nitrogens with one attached hydrogen (secondary N) is 2. The molecule has 0 unspecified atom stereocenters. The van der Waals surface area contributed by atoms with Gasteiger partial charge in [-0.3, -0.25) is 4.79 Å². The van der Waals surface area contributed by atoms with Crippen LogP contribution < -0.4 is 24.8 Å². The summed E-state index contributed by atoms with van der Waals surface area (Å²) in [4.78, 5) is 24.7. The molecule has 2 aromatic heterocycles. The smallest absolute Gasteiger partial charge is 0.275 e. The minimum Gasteiger partial charge on any atom is -0.493 e. The molecule has 0 spiro atoms. The van der Waals surface area contributed by atoms with Crippen molar-refractivity contribution in [3.63, 3.8) is 0 Å². The van der Waals surface area contributed by atoms with Gasteiger partial charge in [-0.25, -0.2) is 15.0 Å². The zero-order valence-electron chi connectivity index (χ0n) is 14.8. The SMILES string of the molecule is COc1cc(NC(=O)c2csc(Nc3ccncn3)n2)cc(OC)c1OC. The molecule has 0 aliphatic rings. The zero-order valence-corrected chi connectivity index (χ0v) is 15.7. The lowest BCUT2D eigenvalue weighted by atomic mass is 10.2. The maximum atomic E-state index is 12.5. The first-order chi connectivity index (χ1) is 13.1. The molecular weight excluding hydrogens is 370 g/mol. The number of benzene rings is 1. The molecule has 0 saturated carbocycles. The van der Waals surface area contributed by atoms with E-state index in [1.54, 1.807) is 29.8 Å². The van der Waals surface area contributed by atoms with Crippen LogP contribution in [0.25, 0.3) is 0 Å². The summed E-state index contributed by atoms with van der Waals surface area (Å²) in [5, 5.41) is 7.98. The van der Waals surface area contributed by atoms with Gasteiger partial charge in [0.2, 0.25) is 5.75 Å². The van der Waals surface area contributed by atoms with Crippen LogP contribution in [0.2, 0.25) is 0 Å². The molecular formula is C17H17N5O4S. The van der Waals surface area contributed by atoms with Crippen LogP contribution in [0.1, 0.15) is 10.5 Å². The number of methoxy groups -OCH3 is 3. The van der Waals surface area contributed by atoms with E-state index in [0.717, 1.165) is 0 Å². The average Bonchev–Trinajstić information content (AvgIpc) is 3.16. The van der Waals surface area contributed by atoms with Crippen molar-refractivity contribution in [2.24, 2.45) is 0 Å². The van der Waals surface area contributed by atoms with Crippen LogP contribution in [0, 0.1) is 0 Å². The third-order valence-electron chi connectivity index (χ3n) is 3.48.